The number of nitrogens with two attached hydrogens (primary N) is 1. The van der Waals surface area contributed by atoms with E-state index >= 15 is 0 Å². The fraction of sp³-hybridized carbons (Fsp3) is 0.438. The largest absolute Gasteiger partial charge is 0.379 e. The highest BCUT2D eigenvalue weighted by atomic mass is 32.2. The first-order valence-corrected chi connectivity index (χ1v) is 8.84. The van der Waals surface area contributed by atoms with Crippen LogP contribution in [0.2, 0.25) is 0 Å². The van der Waals surface area contributed by atoms with Gasteiger partial charge in [0.15, 0.2) is 5.16 Å². The lowest BCUT2D eigenvalue weighted by molar-refractivity contribution is -0.115. The van der Waals surface area contributed by atoms with Crippen LogP contribution >= 0.6 is 11.8 Å². The van der Waals surface area contributed by atoms with Crippen LogP contribution in [0.4, 0.5) is 0 Å². The smallest absolute Gasteiger partial charge is 0.262 e. The highest BCUT2D eigenvalue weighted by molar-refractivity contribution is 7.99. The van der Waals surface area contributed by atoms with E-state index in [4.69, 9.17) is 10.5 Å². The lowest BCUT2D eigenvalue weighted by atomic mass is 10.2. The van der Waals surface area contributed by atoms with E-state index in [0.29, 0.717) is 35.8 Å². The summed E-state index contributed by atoms with van der Waals surface area (Å²) in [5.74, 6) is -0.329. The second-order valence-corrected chi connectivity index (χ2v) is 6.52. The van der Waals surface area contributed by atoms with Crippen LogP contribution in [-0.4, -0.2) is 59.0 Å². The summed E-state index contributed by atoms with van der Waals surface area (Å²) < 4.78 is 6.99. The summed E-state index contributed by atoms with van der Waals surface area (Å²) in [6.07, 6.45) is 0. The summed E-state index contributed by atoms with van der Waals surface area (Å²) in [6, 6.07) is 7.25. The van der Waals surface area contributed by atoms with Gasteiger partial charge >= 0.3 is 0 Å². The quantitative estimate of drug-likeness (QED) is 0.597. The molecule has 2 N–H and O–H groups in total. The molecule has 0 atom stereocenters. The Morgan fingerprint density at radius 3 is 2.75 bits per heavy atom. The molecule has 0 spiro atoms. The van der Waals surface area contributed by atoms with Gasteiger partial charge in [-0.05, 0) is 12.1 Å². The van der Waals surface area contributed by atoms with E-state index < -0.39 is 5.91 Å². The minimum absolute atomic E-state index is 0.0826. The van der Waals surface area contributed by atoms with E-state index in [0.717, 1.165) is 19.6 Å². The van der Waals surface area contributed by atoms with Gasteiger partial charge in [-0.2, -0.15) is 0 Å². The van der Waals surface area contributed by atoms with Crippen molar-refractivity contribution in [3.8, 4) is 0 Å². The van der Waals surface area contributed by atoms with E-state index in [1.54, 1.807) is 16.7 Å². The molecule has 24 heavy (non-hydrogen) atoms. The third kappa shape index (κ3) is 3.95. The third-order valence-electron chi connectivity index (χ3n) is 3.91. The third-order valence-corrected chi connectivity index (χ3v) is 4.91. The summed E-state index contributed by atoms with van der Waals surface area (Å²) >= 11 is 1.20. The molecule has 1 aromatic carbocycles. The van der Waals surface area contributed by atoms with Crippen LogP contribution in [0.1, 0.15) is 0 Å². The summed E-state index contributed by atoms with van der Waals surface area (Å²) in [5, 5.41) is 1.12. The molecule has 0 bridgehead atoms. The molecule has 0 aliphatic carbocycles. The van der Waals surface area contributed by atoms with E-state index in [2.05, 4.69) is 9.88 Å². The summed E-state index contributed by atoms with van der Waals surface area (Å²) in [5.41, 5.74) is 5.79. The number of nitrogens with zero attached hydrogens (tertiary/aromatic N) is 3. The molecule has 1 fully saturated rings. The van der Waals surface area contributed by atoms with E-state index in [1.807, 2.05) is 12.1 Å². The Morgan fingerprint density at radius 2 is 2.00 bits per heavy atom. The van der Waals surface area contributed by atoms with Gasteiger partial charge in [0.2, 0.25) is 5.91 Å². The fourth-order valence-electron chi connectivity index (χ4n) is 2.66. The van der Waals surface area contributed by atoms with E-state index in [-0.39, 0.29) is 11.3 Å². The number of carbonyl (C=O) groups excluding carboxylic acids is 1. The molecular formula is C16H20N4O3S. The predicted octanol–water partition coefficient (Wildman–Crippen LogP) is 0.306. The van der Waals surface area contributed by atoms with Crippen LogP contribution in [0.15, 0.2) is 34.2 Å². The molecule has 0 unspecified atom stereocenters. The van der Waals surface area contributed by atoms with Crippen LogP contribution in [0.3, 0.4) is 0 Å². The van der Waals surface area contributed by atoms with Crippen LogP contribution in [-0.2, 0) is 16.1 Å². The van der Waals surface area contributed by atoms with Crippen molar-refractivity contribution in [2.45, 2.75) is 11.7 Å². The molecule has 0 radical (unpaired) electrons. The number of fused-ring (bicyclic) bond motifs is 1. The van der Waals surface area contributed by atoms with Gasteiger partial charge in [-0.1, -0.05) is 23.9 Å². The molecule has 3 rings (SSSR count). The molecule has 8 heteroatoms. The Morgan fingerprint density at radius 1 is 1.25 bits per heavy atom. The van der Waals surface area contributed by atoms with Crippen molar-refractivity contribution < 1.29 is 9.53 Å². The molecule has 128 valence electrons. The number of hydrogen-bond donors (Lipinski definition) is 1. The molecule has 1 amide bonds. The number of carbonyl (C=O) groups is 1. The van der Waals surface area contributed by atoms with Crippen LogP contribution in [0, 0.1) is 0 Å². The Labute approximate surface area is 143 Å². The number of rotatable bonds is 6. The first-order chi connectivity index (χ1) is 11.6. The summed E-state index contributed by atoms with van der Waals surface area (Å²) in [4.78, 5) is 30.7. The van der Waals surface area contributed by atoms with E-state index in [9.17, 15) is 9.59 Å². The molecule has 0 saturated carbocycles. The summed E-state index contributed by atoms with van der Waals surface area (Å²) in [6.45, 7) is 4.42. The van der Waals surface area contributed by atoms with Crippen molar-refractivity contribution >= 4 is 28.6 Å². The number of amides is 1. The average Bonchev–Trinajstić information content (AvgIpc) is 2.60. The second-order valence-electron chi connectivity index (χ2n) is 5.58. The monoisotopic (exact) mass is 348 g/mol. The second kappa shape index (κ2) is 7.78. The number of para-hydroxylation sites is 1. The molecule has 7 nitrogen and oxygen atoms in total. The topological polar surface area (TPSA) is 90.5 Å². The van der Waals surface area contributed by atoms with Crippen LogP contribution in [0.5, 0.6) is 0 Å². The molecular weight excluding hydrogens is 328 g/mol. The number of primary amides is 1. The Balaban J connectivity index is 1.89. The van der Waals surface area contributed by atoms with Crippen LogP contribution < -0.4 is 11.3 Å². The van der Waals surface area contributed by atoms with Gasteiger partial charge in [-0.15, -0.1) is 0 Å². The van der Waals surface area contributed by atoms with Gasteiger partial charge in [-0.3, -0.25) is 19.1 Å². The zero-order valence-corrected chi connectivity index (χ0v) is 14.1. The normalized spacial score (nSPS) is 15.7. The Kier molecular flexibility index (Phi) is 5.49. The minimum Gasteiger partial charge on any atom is -0.379 e. The van der Waals surface area contributed by atoms with E-state index in [1.165, 1.54) is 11.8 Å². The molecule has 2 heterocycles. The van der Waals surface area contributed by atoms with Crippen molar-refractivity contribution in [1.82, 2.24) is 14.5 Å². The van der Waals surface area contributed by atoms with Crippen molar-refractivity contribution in [1.29, 1.82) is 0 Å². The van der Waals surface area contributed by atoms with Gasteiger partial charge in [0.25, 0.3) is 5.56 Å². The maximum atomic E-state index is 12.8. The van der Waals surface area contributed by atoms with Crippen molar-refractivity contribution in [2.75, 3.05) is 38.6 Å². The number of morpholine rings is 1. The zero-order chi connectivity index (χ0) is 16.9. The SMILES string of the molecule is NC(=O)CSc1nc2ccccc2c(=O)n1CCN1CCOCC1. The first-order valence-electron chi connectivity index (χ1n) is 7.86. The number of benzene rings is 1. The van der Waals surface area contributed by atoms with Crippen LogP contribution in [0.25, 0.3) is 10.9 Å². The molecule has 1 aliphatic rings. The van der Waals surface area contributed by atoms with Gasteiger partial charge < -0.3 is 10.5 Å². The van der Waals surface area contributed by atoms with Crippen molar-refractivity contribution in [3.05, 3.63) is 34.6 Å². The number of aromatic nitrogens is 2. The minimum atomic E-state index is -0.429. The van der Waals surface area contributed by atoms with Crippen molar-refractivity contribution in [2.24, 2.45) is 5.73 Å². The van der Waals surface area contributed by atoms with Gasteiger partial charge in [0.1, 0.15) is 0 Å². The van der Waals surface area contributed by atoms with Gasteiger partial charge in [0, 0.05) is 26.2 Å². The highest BCUT2D eigenvalue weighted by Gasteiger charge is 2.15. The lowest BCUT2D eigenvalue weighted by Crippen LogP contribution is -2.39. The van der Waals surface area contributed by atoms with Crippen molar-refractivity contribution in [3.63, 3.8) is 0 Å². The first kappa shape index (κ1) is 16.9. The maximum absolute atomic E-state index is 12.8. The maximum Gasteiger partial charge on any atom is 0.262 e. The Bertz CT molecular complexity index is 786. The number of thioether (sulfide) groups is 1. The molecule has 1 aromatic heterocycles. The van der Waals surface area contributed by atoms with Gasteiger partial charge in [0.05, 0.1) is 29.9 Å². The summed E-state index contributed by atoms with van der Waals surface area (Å²) in [7, 11) is 0. The zero-order valence-electron chi connectivity index (χ0n) is 13.3. The fourth-order valence-corrected chi connectivity index (χ4v) is 3.42. The lowest BCUT2D eigenvalue weighted by Gasteiger charge is -2.27. The highest BCUT2D eigenvalue weighted by Crippen LogP contribution is 2.17. The predicted molar refractivity (Wildman–Crippen MR) is 93.2 cm³/mol. The average molecular weight is 348 g/mol. The number of ether oxygens (including phenoxy) is 1. The molecule has 2 aromatic rings. The molecule has 1 aliphatic heterocycles. The molecule has 1 saturated heterocycles. The van der Waals surface area contributed by atoms with Gasteiger partial charge in [-0.25, -0.2) is 4.98 Å². The number of hydrogen-bond acceptors (Lipinski definition) is 6. The Hall–Kier alpha value is -1.90. The standard InChI is InChI=1S/C16H20N4O3S/c17-14(21)11-24-16-18-13-4-2-1-3-12(13)15(22)20(16)6-5-19-7-9-23-10-8-19/h1-4H,5-11H2,(H2,17,21).